The number of hydrogen-bond donors (Lipinski definition) is 0. The number of rotatable bonds is 39. The largest absolute Gasteiger partial charge is 0.465 e. The molecule has 0 heterocycles. The molecule has 0 saturated heterocycles. The molecule has 0 aromatic carbocycles. The average Bonchev–Trinajstić information content (AvgIpc) is 3.17. The highest BCUT2D eigenvalue weighted by Gasteiger charge is 2.18. The maximum absolute atomic E-state index is 12.5. The Balaban J connectivity index is 4.31. The lowest BCUT2D eigenvalue weighted by Crippen LogP contribution is -2.29. The Labute approximate surface area is 332 Å². The summed E-state index contributed by atoms with van der Waals surface area (Å²) in [4.78, 5) is 39.6. The number of carbonyl (C=O) groups is 3. The molecular weight excluding hydrogens is 675 g/mol. The van der Waals surface area contributed by atoms with Gasteiger partial charge in [-0.15, -0.1) is 0 Å². The van der Waals surface area contributed by atoms with Crippen LogP contribution in [0.5, 0.6) is 0 Å². The molecule has 0 aliphatic heterocycles. The number of hydrogen-bond acceptors (Lipinski definition) is 7. The van der Waals surface area contributed by atoms with Crippen LogP contribution < -0.4 is 0 Å². The van der Waals surface area contributed by atoms with Gasteiger partial charge in [0.2, 0.25) is 0 Å². The second kappa shape index (κ2) is 41.5. The van der Waals surface area contributed by atoms with E-state index >= 15 is 0 Å². The van der Waals surface area contributed by atoms with Gasteiger partial charge in [0.15, 0.2) is 0 Å². The minimum atomic E-state index is -0.385. The van der Waals surface area contributed by atoms with E-state index in [2.05, 4.69) is 81.2 Å². The predicted molar refractivity (Wildman–Crippen MR) is 227 cm³/mol. The Kier molecular flexibility index (Phi) is 39.4. The monoisotopic (exact) mass is 758 g/mol. The lowest BCUT2D eigenvalue weighted by atomic mass is 10.1. The quantitative estimate of drug-likeness (QED) is 0.0267. The van der Waals surface area contributed by atoms with Crippen molar-refractivity contribution < 1.29 is 28.6 Å². The summed E-state index contributed by atoms with van der Waals surface area (Å²) in [5, 5.41) is 0. The molecule has 0 aliphatic rings. The predicted octanol–water partition coefficient (Wildman–Crippen LogP) is 12.6. The molecule has 0 saturated carbocycles. The Morgan fingerprint density at radius 1 is 0.426 bits per heavy atom. The smallest absolute Gasteiger partial charge is 0.307 e. The molecule has 7 nitrogen and oxygen atoms in total. The van der Waals surface area contributed by atoms with Crippen LogP contribution in [0.3, 0.4) is 0 Å². The van der Waals surface area contributed by atoms with Gasteiger partial charge in [0.05, 0.1) is 12.3 Å². The SMILES string of the molecule is CCCCC/C=C\C/C=C\CCCCCCCC(=O)OCC(COC(=O)CCCCCCC/C=C\C/C=C\CCCCC)COC(=O)CCN(CC)CC. The summed E-state index contributed by atoms with van der Waals surface area (Å²) in [5.41, 5.74) is 0. The number of nitrogens with zero attached hydrogens (tertiary/aromatic N) is 1. The summed E-state index contributed by atoms with van der Waals surface area (Å²) in [7, 11) is 0. The van der Waals surface area contributed by atoms with E-state index in [1.165, 1.54) is 64.2 Å². The topological polar surface area (TPSA) is 82.1 Å². The van der Waals surface area contributed by atoms with Crippen molar-refractivity contribution in [3.8, 4) is 0 Å². The van der Waals surface area contributed by atoms with Gasteiger partial charge in [-0.3, -0.25) is 14.4 Å². The van der Waals surface area contributed by atoms with Crippen LogP contribution in [0.15, 0.2) is 48.6 Å². The van der Waals surface area contributed by atoms with Gasteiger partial charge in [-0.1, -0.05) is 141 Å². The minimum Gasteiger partial charge on any atom is -0.465 e. The third-order valence-corrected chi connectivity index (χ3v) is 9.63. The molecule has 7 heteroatoms. The fourth-order valence-corrected chi connectivity index (χ4v) is 5.94. The molecule has 0 rings (SSSR count). The molecule has 0 aromatic heterocycles. The van der Waals surface area contributed by atoms with Crippen molar-refractivity contribution in [3.05, 3.63) is 48.6 Å². The highest BCUT2D eigenvalue weighted by atomic mass is 16.6. The van der Waals surface area contributed by atoms with E-state index in [9.17, 15) is 14.4 Å². The maximum Gasteiger partial charge on any atom is 0.307 e. The highest BCUT2D eigenvalue weighted by molar-refractivity contribution is 5.70. The summed E-state index contributed by atoms with van der Waals surface area (Å²) < 4.78 is 16.6. The number of allylic oxidation sites excluding steroid dienone is 8. The molecular formula is C47H83NO6. The Bertz CT molecular complexity index is 921. The molecule has 54 heavy (non-hydrogen) atoms. The van der Waals surface area contributed by atoms with Crippen LogP contribution in [0.2, 0.25) is 0 Å². The lowest BCUT2D eigenvalue weighted by Gasteiger charge is -2.19. The van der Waals surface area contributed by atoms with Crippen LogP contribution >= 0.6 is 0 Å². The van der Waals surface area contributed by atoms with E-state index < -0.39 is 0 Å². The summed E-state index contributed by atoms with van der Waals surface area (Å²) in [5.74, 6) is -1.19. The third-order valence-electron chi connectivity index (χ3n) is 9.63. The van der Waals surface area contributed by atoms with Crippen molar-refractivity contribution in [2.24, 2.45) is 5.92 Å². The van der Waals surface area contributed by atoms with E-state index in [0.717, 1.165) is 90.1 Å². The van der Waals surface area contributed by atoms with Crippen LogP contribution in [0, 0.1) is 5.92 Å². The van der Waals surface area contributed by atoms with Crippen LogP contribution in [-0.4, -0.2) is 62.3 Å². The fraction of sp³-hybridized carbons (Fsp3) is 0.766. The van der Waals surface area contributed by atoms with Gasteiger partial charge in [0, 0.05) is 19.4 Å². The molecule has 0 bridgehead atoms. The van der Waals surface area contributed by atoms with Crippen molar-refractivity contribution >= 4 is 17.9 Å². The van der Waals surface area contributed by atoms with Gasteiger partial charge < -0.3 is 19.1 Å². The van der Waals surface area contributed by atoms with Crippen molar-refractivity contribution in [1.82, 2.24) is 4.90 Å². The molecule has 0 aromatic rings. The molecule has 0 radical (unpaired) electrons. The molecule has 0 unspecified atom stereocenters. The number of esters is 3. The van der Waals surface area contributed by atoms with Gasteiger partial charge in [-0.05, 0) is 90.1 Å². The van der Waals surface area contributed by atoms with Crippen LogP contribution in [-0.2, 0) is 28.6 Å². The lowest BCUT2D eigenvalue weighted by molar-refractivity contribution is -0.153. The Morgan fingerprint density at radius 2 is 0.759 bits per heavy atom. The van der Waals surface area contributed by atoms with Gasteiger partial charge in [0.1, 0.15) is 19.8 Å². The second-order valence-corrected chi connectivity index (χ2v) is 14.7. The Hall–Kier alpha value is -2.67. The molecule has 0 amide bonds. The van der Waals surface area contributed by atoms with E-state index in [-0.39, 0.29) is 43.6 Å². The van der Waals surface area contributed by atoms with Crippen molar-refractivity contribution in [2.45, 2.75) is 188 Å². The van der Waals surface area contributed by atoms with Crippen LogP contribution in [0.25, 0.3) is 0 Å². The van der Waals surface area contributed by atoms with E-state index in [1.807, 2.05) is 0 Å². The van der Waals surface area contributed by atoms with E-state index in [1.54, 1.807) is 0 Å². The molecule has 0 spiro atoms. The zero-order valence-corrected chi connectivity index (χ0v) is 35.5. The van der Waals surface area contributed by atoms with Crippen molar-refractivity contribution in [1.29, 1.82) is 0 Å². The van der Waals surface area contributed by atoms with Gasteiger partial charge >= 0.3 is 17.9 Å². The number of carbonyl (C=O) groups excluding carboxylic acids is 3. The Morgan fingerprint density at radius 3 is 1.13 bits per heavy atom. The maximum atomic E-state index is 12.5. The molecule has 312 valence electrons. The third kappa shape index (κ3) is 37.6. The van der Waals surface area contributed by atoms with Gasteiger partial charge in [-0.2, -0.15) is 0 Å². The summed E-state index contributed by atoms with van der Waals surface area (Å²) in [6, 6.07) is 0. The average molecular weight is 758 g/mol. The number of unbranched alkanes of at least 4 members (excludes halogenated alkanes) is 16. The van der Waals surface area contributed by atoms with E-state index in [0.29, 0.717) is 25.8 Å². The van der Waals surface area contributed by atoms with Crippen molar-refractivity contribution in [2.75, 3.05) is 39.5 Å². The molecule has 0 atom stereocenters. The summed E-state index contributed by atoms with van der Waals surface area (Å²) in [6.45, 7) is 11.2. The van der Waals surface area contributed by atoms with Crippen LogP contribution in [0.1, 0.15) is 188 Å². The zero-order valence-electron chi connectivity index (χ0n) is 35.5. The molecule has 0 aliphatic carbocycles. The van der Waals surface area contributed by atoms with E-state index in [4.69, 9.17) is 14.2 Å². The zero-order chi connectivity index (χ0) is 39.6. The standard InChI is InChI=1S/C47H83NO6/c1-5-9-11-13-15-17-19-21-23-25-27-29-31-33-35-37-45(49)52-41-44(43-54-47(51)39-40-48(7-3)8-4)42-53-46(50)38-36-34-32-30-28-26-24-22-20-18-16-14-12-10-6-2/h15-18,21-24,44H,5-14,19-20,25-43H2,1-4H3/b17-15-,18-16-,23-21-,24-22-. The first-order valence-corrected chi connectivity index (χ1v) is 22.3. The van der Waals surface area contributed by atoms with Gasteiger partial charge in [-0.25, -0.2) is 0 Å². The normalized spacial score (nSPS) is 12.0. The summed E-state index contributed by atoms with van der Waals surface area (Å²) >= 11 is 0. The second-order valence-electron chi connectivity index (χ2n) is 14.7. The molecule has 0 N–H and O–H groups in total. The van der Waals surface area contributed by atoms with Crippen LogP contribution in [0.4, 0.5) is 0 Å². The first-order valence-electron chi connectivity index (χ1n) is 22.3. The first-order chi connectivity index (χ1) is 26.5. The highest BCUT2D eigenvalue weighted by Crippen LogP contribution is 2.12. The fourth-order valence-electron chi connectivity index (χ4n) is 5.94. The van der Waals surface area contributed by atoms with Crippen molar-refractivity contribution in [3.63, 3.8) is 0 Å². The minimum absolute atomic E-state index is 0.0605. The first kappa shape index (κ1) is 51.3. The van der Waals surface area contributed by atoms with Gasteiger partial charge in [0.25, 0.3) is 0 Å². The summed E-state index contributed by atoms with van der Waals surface area (Å²) in [6.07, 6.45) is 44.1. The molecule has 0 fully saturated rings. The number of ether oxygens (including phenoxy) is 3.